The van der Waals surface area contributed by atoms with E-state index < -0.39 is 0 Å². The van der Waals surface area contributed by atoms with Crippen LogP contribution in [-0.2, 0) is 0 Å². The number of furan rings is 2. The van der Waals surface area contributed by atoms with E-state index in [1.54, 1.807) is 42.5 Å². The number of carbonyl (C=O) groups is 2. The highest BCUT2D eigenvalue weighted by Gasteiger charge is 2.09. The van der Waals surface area contributed by atoms with Gasteiger partial charge in [0, 0.05) is 11.4 Å². The van der Waals surface area contributed by atoms with Crippen LogP contribution < -0.4 is 10.6 Å². The number of hydrogen-bond donors (Lipinski definition) is 2. The van der Waals surface area contributed by atoms with Crippen LogP contribution in [0.4, 0.5) is 11.4 Å². The molecule has 2 aromatic heterocycles. The summed E-state index contributed by atoms with van der Waals surface area (Å²) < 4.78 is 9.86. The average molecular weight is 296 g/mol. The highest BCUT2D eigenvalue weighted by atomic mass is 16.3. The van der Waals surface area contributed by atoms with Crippen LogP contribution in [0.5, 0.6) is 0 Å². The largest absolute Gasteiger partial charge is 0.472 e. The van der Waals surface area contributed by atoms with Gasteiger partial charge >= 0.3 is 0 Å². The van der Waals surface area contributed by atoms with Gasteiger partial charge in [-0.05, 0) is 42.5 Å². The number of rotatable bonds is 4. The van der Waals surface area contributed by atoms with Crippen molar-refractivity contribution in [3.8, 4) is 0 Å². The van der Waals surface area contributed by atoms with Crippen molar-refractivity contribution in [1.29, 1.82) is 0 Å². The number of benzene rings is 1. The predicted molar refractivity (Wildman–Crippen MR) is 79.8 cm³/mol. The van der Waals surface area contributed by atoms with Crippen molar-refractivity contribution in [3.63, 3.8) is 0 Å². The summed E-state index contributed by atoms with van der Waals surface area (Å²) in [7, 11) is 0. The van der Waals surface area contributed by atoms with Crippen LogP contribution in [0, 0.1) is 0 Å². The average Bonchev–Trinajstić information content (AvgIpc) is 3.23. The van der Waals surface area contributed by atoms with Gasteiger partial charge in [-0.2, -0.15) is 0 Å². The topological polar surface area (TPSA) is 84.5 Å². The molecule has 1 aromatic carbocycles. The van der Waals surface area contributed by atoms with Gasteiger partial charge in [-0.25, -0.2) is 0 Å². The monoisotopic (exact) mass is 296 g/mol. The van der Waals surface area contributed by atoms with E-state index in [0.717, 1.165) is 0 Å². The number of carbonyl (C=O) groups excluding carboxylic acids is 2. The highest BCUT2D eigenvalue weighted by molar-refractivity contribution is 6.04. The summed E-state index contributed by atoms with van der Waals surface area (Å²) in [6, 6.07) is 11.6. The van der Waals surface area contributed by atoms with E-state index in [4.69, 9.17) is 8.83 Å². The van der Waals surface area contributed by atoms with Crippen molar-refractivity contribution >= 4 is 23.2 Å². The van der Waals surface area contributed by atoms with Crippen LogP contribution in [0.15, 0.2) is 70.1 Å². The fourth-order valence-corrected chi connectivity index (χ4v) is 1.83. The minimum atomic E-state index is -0.333. The molecule has 0 atom stereocenters. The van der Waals surface area contributed by atoms with Crippen molar-refractivity contribution in [2.75, 3.05) is 10.6 Å². The highest BCUT2D eigenvalue weighted by Crippen LogP contribution is 2.16. The predicted octanol–water partition coefficient (Wildman–Crippen LogP) is 3.38. The Kier molecular flexibility index (Phi) is 3.74. The molecule has 0 aliphatic heterocycles. The molecule has 2 heterocycles. The third-order valence-corrected chi connectivity index (χ3v) is 2.93. The molecular formula is C16H12N2O4. The molecule has 6 nitrogen and oxygen atoms in total. The standard InChI is InChI=1S/C16H12N2O4/c19-15(11-7-9-21-10-11)17-12-3-5-13(6-4-12)18-16(20)14-2-1-8-22-14/h1-10H,(H,17,19)(H,18,20). The van der Waals surface area contributed by atoms with Crippen molar-refractivity contribution in [2.24, 2.45) is 0 Å². The van der Waals surface area contributed by atoms with Crippen molar-refractivity contribution in [1.82, 2.24) is 0 Å². The lowest BCUT2D eigenvalue weighted by Crippen LogP contribution is -2.12. The van der Waals surface area contributed by atoms with Crippen molar-refractivity contribution in [3.05, 3.63) is 72.6 Å². The smallest absolute Gasteiger partial charge is 0.291 e. The normalized spacial score (nSPS) is 10.2. The molecule has 0 aliphatic carbocycles. The fraction of sp³-hybridized carbons (Fsp3) is 0. The van der Waals surface area contributed by atoms with Crippen LogP contribution in [0.3, 0.4) is 0 Å². The molecule has 0 saturated heterocycles. The van der Waals surface area contributed by atoms with Gasteiger partial charge < -0.3 is 19.5 Å². The Bertz CT molecular complexity index is 692. The second kappa shape index (κ2) is 6.01. The van der Waals surface area contributed by atoms with E-state index in [0.29, 0.717) is 16.9 Å². The molecule has 2 amide bonds. The summed E-state index contributed by atoms with van der Waals surface area (Å²) in [6.07, 6.45) is 4.23. The molecule has 0 aliphatic rings. The van der Waals surface area contributed by atoms with Gasteiger partial charge in [-0.3, -0.25) is 9.59 Å². The molecule has 3 aromatic rings. The number of hydrogen-bond acceptors (Lipinski definition) is 4. The molecule has 3 rings (SSSR count). The van der Waals surface area contributed by atoms with E-state index in [1.807, 2.05) is 0 Å². The number of amides is 2. The van der Waals surface area contributed by atoms with E-state index in [9.17, 15) is 9.59 Å². The summed E-state index contributed by atoms with van der Waals surface area (Å²) in [4.78, 5) is 23.6. The summed E-state index contributed by atoms with van der Waals surface area (Å²) in [5.41, 5.74) is 1.65. The summed E-state index contributed by atoms with van der Waals surface area (Å²) in [5.74, 6) is -0.362. The number of anilines is 2. The zero-order valence-corrected chi connectivity index (χ0v) is 11.4. The van der Waals surface area contributed by atoms with Gasteiger partial charge in [0.2, 0.25) is 0 Å². The van der Waals surface area contributed by atoms with E-state index in [2.05, 4.69) is 10.6 Å². The summed E-state index contributed by atoms with van der Waals surface area (Å²) >= 11 is 0. The Hall–Kier alpha value is -3.28. The maximum absolute atomic E-state index is 11.8. The molecule has 110 valence electrons. The Labute approximate surface area is 125 Å². The molecule has 22 heavy (non-hydrogen) atoms. The summed E-state index contributed by atoms with van der Waals surface area (Å²) in [6.45, 7) is 0. The first kappa shape index (κ1) is 13.7. The molecule has 0 spiro atoms. The second-order valence-corrected chi connectivity index (χ2v) is 4.47. The zero-order valence-electron chi connectivity index (χ0n) is 11.4. The Morgan fingerprint density at radius 1 is 0.818 bits per heavy atom. The van der Waals surface area contributed by atoms with Gasteiger partial charge in [0.15, 0.2) is 5.76 Å². The van der Waals surface area contributed by atoms with Crippen LogP contribution in [0.1, 0.15) is 20.9 Å². The van der Waals surface area contributed by atoms with Crippen LogP contribution in [0.25, 0.3) is 0 Å². The summed E-state index contributed by atoms with van der Waals surface area (Å²) in [5, 5.41) is 5.41. The van der Waals surface area contributed by atoms with Gasteiger partial charge in [0.1, 0.15) is 6.26 Å². The minimum absolute atomic E-state index is 0.234. The first-order chi connectivity index (χ1) is 10.7. The van der Waals surface area contributed by atoms with E-state index >= 15 is 0 Å². The van der Waals surface area contributed by atoms with Crippen molar-refractivity contribution < 1.29 is 18.4 Å². The van der Waals surface area contributed by atoms with Gasteiger partial charge in [-0.15, -0.1) is 0 Å². The molecule has 0 fully saturated rings. The second-order valence-electron chi connectivity index (χ2n) is 4.47. The third-order valence-electron chi connectivity index (χ3n) is 2.93. The molecule has 0 unspecified atom stereocenters. The lowest BCUT2D eigenvalue weighted by atomic mass is 10.2. The molecular weight excluding hydrogens is 284 g/mol. The molecule has 0 saturated carbocycles. The molecule has 2 N–H and O–H groups in total. The Balaban J connectivity index is 1.63. The molecule has 0 radical (unpaired) electrons. The van der Waals surface area contributed by atoms with Crippen LogP contribution in [0.2, 0.25) is 0 Å². The first-order valence-electron chi connectivity index (χ1n) is 6.51. The fourth-order valence-electron chi connectivity index (χ4n) is 1.83. The van der Waals surface area contributed by atoms with Gasteiger partial charge in [-0.1, -0.05) is 0 Å². The molecule has 6 heteroatoms. The number of nitrogens with one attached hydrogen (secondary N) is 2. The third kappa shape index (κ3) is 3.06. The van der Waals surface area contributed by atoms with E-state index in [-0.39, 0.29) is 17.6 Å². The lowest BCUT2D eigenvalue weighted by molar-refractivity contribution is 0.0994. The van der Waals surface area contributed by atoms with Crippen molar-refractivity contribution in [2.45, 2.75) is 0 Å². The maximum atomic E-state index is 11.8. The lowest BCUT2D eigenvalue weighted by Gasteiger charge is -2.06. The SMILES string of the molecule is O=C(Nc1ccc(NC(=O)c2ccco2)cc1)c1ccoc1. The first-order valence-corrected chi connectivity index (χ1v) is 6.51. The zero-order chi connectivity index (χ0) is 15.4. The Morgan fingerprint density at radius 3 is 2.05 bits per heavy atom. The van der Waals surface area contributed by atoms with Gasteiger partial charge in [0.05, 0.1) is 18.1 Å². The maximum Gasteiger partial charge on any atom is 0.291 e. The van der Waals surface area contributed by atoms with E-state index in [1.165, 1.54) is 18.8 Å². The minimum Gasteiger partial charge on any atom is -0.472 e. The molecule has 0 bridgehead atoms. The quantitative estimate of drug-likeness (QED) is 0.773. The van der Waals surface area contributed by atoms with Crippen LogP contribution >= 0.6 is 0 Å². The Morgan fingerprint density at radius 2 is 1.50 bits per heavy atom. The van der Waals surface area contributed by atoms with Gasteiger partial charge in [0.25, 0.3) is 11.8 Å². The van der Waals surface area contributed by atoms with Crippen LogP contribution in [-0.4, -0.2) is 11.8 Å².